The second-order valence-corrected chi connectivity index (χ2v) is 6.11. The highest BCUT2D eigenvalue weighted by Gasteiger charge is 2.18. The molecule has 1 heterocycles. The molecule has 0 spiro atoms. The zero-order valence-corrected chi connectivity index (χ0v) is 11.5. The molecule has 0 radical (unpaired) electrons. The first-order valence-electron chi connectivity index (χ1n) is 5.18. The van der Waals surface area contributed by atoms with E-state index in [1.165, 1.54) is 0 Å². The van der Waals surface area contributed by atoms with Crippen LogP contribution in [0.4, 0.5) is 0 Å². The molecule has 0 fully saturated rings. The predicted octanol–water partition coefficient (Wildman–Crippen LogP) is -1.51. The molecule has 9 nitrogen and oxygen atoms in total. The summed E-state index contributed by atoms with van der Waals surface area (Å²) in [6.45, 7) is -0.422. The number of aromatic nitrogens is 2. The monoisotopic (exact) mass is 320 g/mol. The highest BCUT2D eigenvalue weighted by atomic mass is 35.7. The molecule has 0 unspecified atom stereocenters. The molecular formula is C9H9ClN4O5S. The van der Waals surface area contributed by atoms with Crippen molar-refractivity contribution in [1.29, 1.82) is 5.26 Å². The van der Waals surface area contributed by atoms with Crippen LogP contribution in [-0.4, -0.2) is 30.4 Å². The van der Waals surface area contributed by atoms with Crippen molar-refractivity contribution in [3.8, 4) is 6.07 Å². The number of amides is 1. The Hall–Kier alpha value is -2.12. The zero-order chi connectivity index (χ0) is 15.3. The van der Waals surface area contributed by atoms with Crippen LogP contribution in [0.1, 0.15) is 6.42 Å². The van der Waals surface area contributed by atoms with Crippen molar-refractivity contribution in [3.05, 3.63) is 27.0 Å². The van der Waals surface area contributed by atoms with Crippen LogP contribution >= 0.6 is 10.7 Å². The Labute approximate surface area is 117 Å². The molecule has 0 aliphatic carbocycles. The summed E-state index contributed by atoms with van der Waals surface area (Å²) >= 11 is 0. The maximum atomic E-state index is 11.4. The van der Waals surface area contributed by atoms with Crippen molar-refractivity contribution in [3.63, 3.8) is 0 Å². The van der Waals surface area contributed by atoms with Gasteiger partial charge in [0.25, 0.3) is 14.6 Å². The fraction of sp³-hybridized carbons (Fsp3) is 0.333. The Bertz CT molecular complexity index is 773. The molecule has 1 aromatic rings. The average molecular weight is 321 g/mol. The Morgan fingerprint density at radius 3 is 2.70 bits per heavy atom. The van der Waals surface area contributed by atoms with Crippen LogP contribution in [0, 0.1) is 11.3 Å². The third-order valence-electron chi connectivity index (χ3n) is 2.11. The molecule has 1 rings (SSSR count). The Kier molecular flexibility index (Phi) is 5.06. The van der Waals surface area contributed by atoms with Crippen molar-refractivity contribution in [2.45, 2.75) is 17.9 Å². The largest absolute Gasteiger partial charge is 0.354 e. The third-order valence-corrected chi connectivity index (χ3v) is 3.43. The van der Waals surface area contributed by atoms with Gasteiger partial charge in [-0.05, 0) is 0 Å². The molecule has 11 heteroatoms. The van der Waals surface area contributed by atoms with E-state index >= 15 is 0 Å². The number of rotatable bonds is 5. The van der Waals surface area contributed by atoms with Crippen molar-refractivity contribution in [2.24, 2.45) is 0 Å². The van der Waals surface area contributed by atoms with E-state index in [0.29, 0.717) is 10.8 Å². The topological polar surface area (TPSA) is 142 Å². The summed E-state index contributed by atoms with van der Waals surface area (Å²) in [6.07, 6.45) is 0.779. The fourth-order valence-corrected chi connectivity index (χ4v) is 2.10. The Balaban J connectivity index is 3.03. The van der Waals surface area contributed by atoms with E-state index < -0.39 is 37.6 Å². The maximum Gasteiger partial charge on any atom is 0.328 e. The normalized spacial score (nSPS) is 10.8. The number of halogens is 1. The lowest BCUT2D eigenvalue weighted by Gasteiger charge is -2.06. The minimum atomic E-state index is -4.34. The quantitative estimate of drug-likeness (QED) is 0.499. The van der Waals surface area contributed by atoms with E-state index in [1.54, 1.807) is 4.98 Å². The highest BCUT2D eigenvalue weighted by molar-refractivity contribution is 8.13. The highest BCUT2D eigenvalue weighted by Crippen LogP contribution is 2.07. The van der Waals surface area contributed by atoms with Crippen LogP contribution in [0.5, 0.6) is 0 Å². The van der Waals surface area contributed by atoms with Crippen LogP contribution in [0.15, 0.2) is 20.7 Å². The molecule has 0 aliphatic heterocycles. The summed E-state index contributed by atoms with van der Waals surface area (Å²) in [6, 6.07) is 1.81. The second kappa shape index (κ2) is 6.36. The van der Waals surface area contributed by atoms with Crippen LogP contribution in [0.25, 0.3) is 0 Å². The van der Waals surface area contributed by atoms with Gasteiger partial charge < -0.3 is 5.32 Å². The van der Waals surface area contributed by atoms with Crippen LogP contribution in [-0.2, 0) is 20.4 Å². The van der Waals surface area contributed by atoms with Gasteiger partial charge in [0.1, 0.15) is 6.54 Å². The van der Waals surface area contributed by atoms with Gasteiger partial charge in [-0.15, -0.1) is 0 Å². The van der Waals surface area contributed by atoms with Gasteiger partial charge in [-0.3, -0.25) is 19.1 Å². The number of carbonyl (C=O) groups is 1. The number of hydrogen-bond donors (Lipinski definition) is 2. The lowest BCUT2D eigenvalue weighted by atomic mass is 10.4. The molecule has 0 bridgehead atoms. The minimum absolute atomic E-state index is 0.0908. The van der Waals surface area contributed by atoms with E-state index in [2.05, 4.69) is 5.32 Å². The van der Waals surface area contributed by atoms with Gasteiger partial charge >= 0.3 is 5.69 Å². The molecule has 0 saturated carbocycles. The molecule has 0 atom stereocenters. The van der Waals surface area contributed by atoms with Crippen molar-refractivity contribution >= 4 is 25.6 Å². The molecule has 0 aromatic carbocycles. The SMILES string of the molecule is N#CCCNC(=O)Cn1cc(S(=O)(=O)Cl)c(=O)[nH]c1=O. The summed E-state index contributed by atoms with van der Waals surface area (Å²) < 4.78 is 22.9. The fourth-order valence-electron chi connectivity index (χ4n) is 1.25. The van der Waals surface area contributed by atoms with Gasteiger partial charge in [-0.2, -0.15) is 5.26 Å². The van der Waals surface area contributed by atoms with E-state index in [-0.39, 0.29) is 13.0 Å². The van der Waals surface area contributed by atoms with Gasteiger partial charge in [0.2, 0.25) is 5.91 Å². The third kappa shape index (κ3) is 4.22. The van der Waals surface area contributed by atoms with Crippen molar-refractivity contribution < 1.29 is 13.2 Å². The molecule has 1 amide bonds. The van der Waals surface area contributed by atoms with Crippen LogP contribution in [0.2, 0.25) is 0 Å². The van der Waals surface area contributed by atoms with Crippen molar-refractivity contribution in [1.82, 2.24) is 14.9 Å². The standard InChI is InChI=1S/C9H9ClN4O5S/c10-20(18,19)6-4-14(9(17)13-8(6)16)5-7(15)12-3-1-2-11/h4H,1,3,5H2,(H,12,15)(H,13,16,17). The van der Waals surface area contributed by atoms with E-state index in [1.807, 2.05) is 6.07 Å². The molecule has 1 aromatic heterocycles. The number of aromatic amines is 1. The minimum Gasteiger partial charge on any atom is -0.354 e. The van der Waals surface area contributed by atoms with Crippen LogP contribution in [0.3, 0.4) is 0 Å². The van der Waals surface area contributed by atoms with E-state index in [4.69, 9.17) is 15.9 Å². The average Bonchev–Trinajstić information content (AvgIpc) is 2.31. The first kappa shape index (κ1) is 15.9. The molecular weight excluding hydrogens is 312 g/mol. The van der Waals surface area contributed by atoms with Crippen molar-refractivity contribution in [2.75, 3.05) is 6.54 Å². The number of hydrogen-bond acceptors (Lipinski definition) is 6. The predicted molar refractivity (Wildman–Crippen MR) is 67.6 cm³/mol. The molecule has 20 heavy (non-hydrogen) atoms. The maximum absolute atomic E-state index is 11.4. The summed E-state index contributed by atoms with van der Waals surface area (Å²) in [5.41, 5.74) is -2.11. The van der Waals surface area contributed by atoms with Gasteiger partial charge in [-0.25, -0.2) is 13.2 Å². The number of nitrogens with one attached hydrogen (secondary N) is 2. The second-order valence-electron chi connectivity index (χ2n) is 3.58. The molecule has 0 aliphatic rings. The summed E-state index contributed by atoms with van der Waals surface area (Å²) in [5, 5.41) is 10.6. The number of H-pyrrole nitrogens is 1. The summed E-state index contributed by atoms with van der Waals surface area (Å²) in [5.74, 6) is -0.618. The van der Waals surface area contributed by atoms with Gasteiger partial charge in [0.15, 0.2) is 4.90 Å². The number of nitriles is 1. The van der Waals surface area contributed by atoms with E-state index in [9.17, 15) is 22.8 Å². The van der Waals surface area contributed by atoms with E-state index in [0.717, 1.165) is 0 Å². The number of carbonyl (C=O) groups excluding carboxylic acids is 1. The molecule has 108 valence electrons. The first-order chi connectivity index (χ1) is 9.25. The zero-order valence-electron chi connectivity index (χ0n) is 9.92. The Morgan fingerprint density at radius 2 is 2.15 bits per heavy atom. The molecule has 0 saturated heterocycles. The molecule has 2 N–H and O–H groups in total. The summed E-state index contributed by atoms with van der Waals surface area (Å²) in [4.78, 5) is 35.0. The number of nitrogens with zero attached hydrogens (tertiary/aromatic N) is 2. The Morgan fingerprint density at radius 1 is 1.50 bits per heavy atom. The lowest BCUT2D eigenvalue weighted by Crippen LogP contribution is -2.37. The lowest BCUT2D eigenvalue weighted by molar-refractivity contribution is -0.121. The van der Waals surface area contributed by atoms with Gasteiger partial charge in [0.05, 0.1) is 12.5 Å². The first-order valence-corrected chi connectivity index (χ1v) is 7.48. The van der Waals surface area contributed by atoms with Gasteiger partial charge in [-0.1, -0.05) is 0 Å². The summed E-state index contributed by atoms with van der Waals surface area (Å²) in [7, 11) is 0.692. The smallest absolute Gasteiger partial charge is 0.328 e. The van der Waals surface area contributed by atoms with Gasteiger partial charge in [0, 0.05) is 23.4 Å². The van der Waals surface area contributed by atoms with Crippen LogP contribution < -0.4 is 16.6 Å².